The lowest BCUT2D eigenvalue weighted by atomic mass is 10.3. The molecule has 0 aliphatic rings. The van der Waals surface area contributed by atoms with E-state index in [2.05, 4.69) is 11.9 Å². The zero-order valence-electron chi connectivity index (χ0n) is 9.05. The molecule has 0 fully saturated rings. The summed E-state index contributed by atoms with van der Waals surface area (Å²) in [5.41, 5.74) is 5.18. The summed E-state index contributed by atoms with van der Waals surface area (Å²) in [4.78, 5) is 0. The minimum Gasteiger partial charge on any atom is -0.405 e. The fourth-order valence-corrected chi connectivity index (χ4v) is 0.770. The maximum atomic E-state index is 5.18. The normalized spacial score (nSPS) is 9.38. The van der Waals surface area contributed by atoms with Gasteiger partial charge >= 0.3 is 0 Å². The third-order valence-electron chi connectivity index (χ3n) is 1.39. The van der Waals surface area contributed by atoms with Crippen molar-refractivity contribution in [2.75, 3.05) is 13.1 Å². The maximum Gasteiger partial charge on any atom is -0.00144 e. The van der Waals surface area contributed by atoms with E-state index in [1.807, 2.05) is 26.0 Å². The first-order chi connectivity index (χ1) is 6.41. The largest absolute Gasteiger partial charge is 0.405 e. The number of rotatable bonds is 7. The Bertz CT molecular complexity index is 109. The monoisotopic (exact) mass is 184 g/mol. The van der Waals surface area contributed by atoms with E-state index in [9.17, 15) is 0 Å². The second-order valence-corrected chi connectivity index (χ2v) is 2.40. The molecule has 78 valence electrons. The van der Waals surface area contributed by atoms with Gasteiger partial charge in [-0.25, -0.2) is 0 Å². The van der Waals surface area contributed by atoms with Gasteiger partial charge in [-0.2, -0.15) is 0 Å². The molecule has 2 nitrogen and oxygen atoms in total. The SMILES string of the molecule is C=CCCNCCC/C=C/N.CC. The average Bonchev–Trinajstić information content (AvgIpc) is 2.20. The highest BCUT2D eigenvalue weighted by Crippen LogP contribution is 1.87. The van der Waals surface area contributed by atoms with Crippen LogP contribution in [0.15, 0.2) is 24.9 Å². The van der Waals surface area contributed by atoms with Gasteiger partial charge in [0.2, 0.25) is 0 Å². The van der Waals surface area contributed by atoms with Crippen molar-refractivity contribution >= 4 is 0 Å². The van der Waals surface area contributed by atoms with Crippen LogP contribution in [0.25, 0.3) is 0 Å². The summed E-state index contributed by atoms with van der Waals surface area (Å²) >= 11 is 0. The molecule has 0 aromatic heterocycles. The Morgan fingerprint density at radius 1 is 1.23 bits per heavy atom. The summed E-state index contributed by atoms with van der Waals surface area (Å²) in [6.07, 6.45) is 8.78. The van der Waals surface area contributed by atoms with Crippen LogP contribution in [-0.2, 0) is 0 Å². The molecule has 0 saturated heterocycles. The van der Waals surface area contributed by atoms with Gasteiger partial charge in [-0.05, 0) is 38.6 Å². The molecule has 0 spiro atoms. The Morgan fingerprint density at radius 2 is 1.92 bits per heavy atom. The van der Waals surface area contributed by atoms with E-state index in [4.69, 9.17) is 5.73 Å². The topological polar surface area (TPSA) is 38.0 Å². The van der Waals surface area contributed by atoms with Crippen LogP contribution < -0.4 is 11.1 Å². The van der Waals surface area contributed by atoms with Crippen LogP contribution >= 0.6 is 0 Å². The van der Waals surface area contributed by atoms with Crippen LogP contribution in [-0.4, -0.2) is 13.1 Å². The third kappa shape index (κ3) is 18.3. The smallest absolute Gasteiger partial charge is 0.00144 e. The summed E-state index contributed by atoms with van der Waals surface area (Å²) in [6.45, 7) is 9.75. The minimum atomic E-state index is 1.04. The Balaban J connectivity index is 0. The van der Waals surface area contributed by atoms with Gasteiger partial charge in [0.1, 0.15) is 0 Å². The number of nitrogens with two attached hydrogens (primary N) is 1. The third-order valence-corrected chi connectivity index (χ3v) is 1.39. The lowest BCUT2D eigenvalue weighted by Gasteiger charge is -1.99. The molecule has 0 aliphatic carbocycles. The molecule has 0 aromatic carbocycles. The van der Waals surface area contributed by atoms with Crippen LogP contribution in [0.4, 0.5) is 0 Å². The zero-order valence-corrected chi connectivity index (χ0v) is 9.05. The number of unbranched alkanes of at least 4 members (excludes halogenated alkanes) is 1. The highest BCUT2D eigenvalue weighted by Gasteiger charge is 1.83. The summed E-state index contributed by atoms with van der Waals surface area (Å²) < 4.78 is 0. The quantitative estimate of drug-likeness (QED) is 0.471. The molecule has 0 heterocycles. The van der Waals surface area contributed by atoms with Crippen LogP contribution in [0.1, 0.15) is 33.1 Å². The Kier molecular flexibility index (Phi) is 19.7. The highest BCUT2D eigenvalue weighted by molar-refractivity contribution is 4.75. The molecule has 13 heavy (non-hydrogen) atoms. The van der Waals surface area contributed by atoms with Crippen molar-refractivity contribution in [3.63, 3.8) is 0 Å². The van der Waals surface area contributed by atoms with Crippen LogP contribution in [0.3, 0.4) is 0 Å². The minimum absolute atomic E-state index is 1.04. The molecule has 0 saturated carbocycles. The average molecular weight is 184 g/mol. The standard InChI is InChI=1S/C9H18N2.C2H6/c1-2-3-8-11-9-6-4-5-7-10;1-2/h2,5,7,11H,1,3-4,6,8-10H2;1-2H3/b7-5+;. The molecule has 0 aliphatic heterocycles. The van der Waals surface area contributed by atoms with Gasteiger partial charge in [-0.15, -0.1) is 6.58 Å². The summed E-state index contributed by atoms with van der Waals surface area (Å²) in [5.74, 6) is 0. The number of nitrogens with one attached hydrogen (secondary N) is 1. The summed E-state index contributed by atoms with van der Waals surface area (Å²) in [5, 5.41) is 3.30. The van der Waals surface area contributed by atoms with Gasteiger partial charge in [0.05, 0.1) is 0 Å². The van der Waals surface area contributed by atoms with Crippen LogP contribution in [0, 0.1) is 0 Å². The van der Waals surface area contributed by atoms with Crippen molar-refractivity contribution in [1.29, 1.82) is 0 Å². The molecular formula is C11H24N2. The van der Waals surface area contributed by atoms with Crippen LogP contribution in [0.5, 0.6) is 0 Å². The molecule has 0 radical (unpaired) electrons. The lowest BCUT2D eigenvalue weighted by Crippen LogP contribution is -2.15. The predicted molar refractivity (Wildman–Crippen MR) is 61.6 cm³/mol. The first-order valence-electron chi connectivity index (χ1n) is 5.10. The Hall–Kier alpha value is -0.760. The van der Waals surface area contributed by atoms with Gasteiger partial charge < -0.3 is 11.1 Å². The molecule has 0 unspecified atom stereocenters. The van der Waals surface area contributed by atoms with E-state index in [-0.39, 0.29) is 0 Å². The summed E-state index contributed by atoms with van der Waals surface area (Å²) in [6, 6.07) is 0. The number of hydrogen-bond donors (Lipinski definition) is 2. The second kappa shape index (κ2) is 17.4. The van der Waals surface area contributed by atoms with Gasteiger partial charge in [0, 0.05) is 0 Å². The van der Waals surface area contributed by atoms with Crippen LogP contribution in [0.2, 0.25) is 0 Å². The van der Waals surface area contributed by atoms with Gasteiger partial charge in [0.15, 0.2) is 0 Å². The number of hydrogen-bond acceptors (Lipinski definition) is 2. The lowest BCUT2D eigenvalue weighted by molar-refractivity contribution is 0.658. The van der Waals surface area contributed by atoms with E-state index < -0.39 is 0 Å². The maximum absolute atomic E-state index is 5.18. The molecule has 2 heteroatoms. The van der Waals surface area contributed by atoms with E-state index in [1.54, 1.807) is 6.20 Å². The molecular weight excluding hydrogens is 160 g/mol. The molecule has 0 rings (SSSR count). The molecule has 0 amide bonds. The molecule has 0 bridgehead atoms. The van der Waals surface area contributed by atoms with Crippen molar-refractivity contribution in [2.24, 2.45) is 5.73 Å². The Morgan fingerprint density at radius 3 is 2.46 bits per heavy atom. The van der Waals surface area contributed by atoms with E-state index >= 15 is 0 Å². The van der Waals surface area contributed by atoms with Gasteiger partial charge in [-0.3, -0.25) is 0 Å². The highest BCUT2D eigenvalue weighted by atomic mass is 14.8. The fraction of sp³-hybridized carbons (Fsp3) is 0.636. The number of allylic oxidation sites excluding steroid dienone is 1. The first-order valence-corrected chi connectivity index (χ1v) is 5.10. The predicted octanol–water partition coefficient (Wildman–Crippen LogP) is 2.43. The van der Waals surface area contributed by atoms with Crippen molar-refractivity contribution < 1.29 is 0 Å². The molecule has 0 aromatic rings. The van der Waals surface area contributed by atoms with Gasteiger partial charge in [-0.1, -0.05) is 26.0 Å². The van der Waals surface area contributed by atoms with Crippen molar-refractivity contribution in [2.45, 2.75) is 33.1 Å². The summed E-state index contributed by atoms with van der Waals surface area (Å²) in [7, 11) is 0. The van der Waals surface area contributed by atoms with E-state index in [1.165, 1.54) is 0 Å². The molecule has 3 N–H and O–H groups in total. The van der Waals surface area contributed by atoms with E-state index in [0.29, 0.717) is 0 Å². The second-order valence-electron chi connectivity index (χ2n) is 2.40. The van der Waals surface area contributed by atoms with Crippen molar-refractivity contribution in [1.82, 2.24) is 5.32 Å². The Labute approximate surface area is 82.9 Å². The zero-order chi connectivity index (χ0) is 10.4. The van der Waals surface area contributed by atoms with Crippen molar-refractivity contribution in [3.05, 3.63) is 24.9 Å². The van der Waals surface area contributed by atoms with Crippen molar-refractivity contribution in [3.8, 4) is 0 Å². The first kappa shape index (κ1) is 14.7. The van der Waals surface area contributed by atoms with E-state index in [0.717, 1.165) is 32.4 Å². The molecule has 0 atom stereocenters. The van der Waals surface area contributed by atoms with Gasteiger partial charge in [0.25, 0.3) is 0 Å². The fourth-order valence-electron chi connectivity index (χ4n) is 0.770.